The summed E-state index contributed by atoms with van der Waals surface area (Å²) in [6.45, 7) is 2.35. The monoisotopic (exact) mass is 300 g/mol. The molecule has 0 aromatic heterocycles. The van der Waals surface area contributed by atoms with Gasteiger partial charge in [-0.15, -0.1) is 0 Å². The van der Waals surface area contributed by atoms with E-state index in [-0.39, 0.29) is 5.92 Å². The summed E-state index contributed by atoms with van der Waals surface area (Å²) in [4.78, 5) is 12.8. The number of nitrogens with two attached hydrogens (primary N) is 1. The minimum Gasteiger partial charge on any atom is -0.329 e. The third-order valence-electron chi connectivity index (χ3n) is 4.04. The van der Waals surface area contributed by atoms with Crippen molar-refractivity contribution in [1.82, 2.24) is 4.90 Å². The quantitative estimate of drug-likeness (QED) is 0.912. The molecule has 2 N–H and O–H groups in total. The number of carbonyl (C=O) groups is 1. The molecule has 1 aromatic rings. The Balaban J connectivity index is 2.27. The predicted octanol–water partition coefficient (Wildman–Crippen LogP) is 2.59. The topological polar surface area (TPSA) is 46.3 Å². The number of aryl methyl sites for hydroxylation is 1. The molecule has 0 radical (unpaired) electrons. The number of nitrogens with zero attached hydrogens (tertiary/aromatic N) is 1. The molecule has 0 bridgehead atoms. The van der Waals surface area contributed by atoms with Gasteiger partial charge < -0.3 is 10.6 Å². The molecule has 1 amide bonds. The van der Waals surface area contributed by atoms with E-state index in [1.165, 1.54) is 0 Å². The molecule has 3 nitrogen and oxygen atoms in total. The van der Waals surface area contributed by atoms with Crippen molar-refractivity contribution in [1.29, 1.82) is 0 Å². The van der Waals surface area contributed by atoms with Gasteiger partial charge in [-0.1, -0.05) is 29.8 Å². The molecule has 21 heavy (non-hydrogen) atoms. The van der Waals surface area contributed by atoms with Crippen LogP contribution in [0.2, 0.25) is 0 Å². The Hall–Kier alpha value is -1.56. The van der Waals surface area contributed by atoms with Crippen LogP contribution >= 0.6 is 0 Å². The highest BCUT2D eigenvalue weighted by Gasteiger charge is 2.43. The Kier molecular flexibility index (Phi) is 4.27. The van der Waals surface area contributed by atoms with Crippen LogP contribution < -0.4 is 5.73 Å². The number of benzene rings is 1. The molecule has 116 valence electrons. The normalized spacial score (nSPS) is 27.0. The molecule has 1 aliphatic rings. The fourth-order valence-corrected chi connectivity index (χ4v) is 2.85. The number of carbonyl (C=O) groups excluding carboxylic acids is 1. The standard InChI is InChI=1S/C15H19F3N2O/c1-9-3-5-11(6-4-9)12-7-13(19)14(21)20(10(12)2)8-15(16,17)18/h3-6,10,12-13H,7-8,19H2,1-2H3/t10-,12-,13+/m1/s1. The first-order chi connectivity index (χ1) is 9.69. The van der Waals surface area contributed by atoms with E-state index in [2.05, 4.69) is 0 Å². The van der Waals surface area contributed by atoms with E-state index in [0.29, 0.717) is 6.42 Å². The molecule has 1 heterocycles. The fourth-order valence-electron chi connectivity index (χ4n) is 2.85. The zero-order valence-corrected chi connectivity index (χ0v) is 12.0. The minimum atomic E-state index is -4.42. The van der Waals surface area contributed by atoms with Crippen molar-refractivity contribution in [3.05, 3.63) is 35.4 Å². The summed E-state index contributed by atoms with van der Waals surface area (Å²) in [6, 6.07) is 6.21. The minimum absolute atomic E-state index is 0.180. The Labute approximate surface area is 121 Å². The van der Waals surface area contributed by atoms with E-state index < -0.39 is 30.7 Å². The summed E-state index contributed by atoms with van der Waals surface area (Å²) in [5.74, 6) is -0.802. The SMILES string of the molecule is Cc1ccc([C@@H]2C[C@H](N)C(=O)N(CC(F)(F)F)[C@@H]2C)cc1. The van der Waals surface area contributed by atoms with E-state index in [1.54, 1.807) is 6.92 Å². The second-order valence-corrected chi connectivity index (χ2v) is 5.68. The zero-order valence-electron chi connectivity index (χ0n) is 12.0. The van der Waals surface area contributed by atoms with Crippen LogP contribution in [-0.4, -0.2) is 35.6 Å². The molecule has 1 aromatic carbocycles. The molecule has 6 heteroatoms. The summed E-state index contributed by atoms with van der Waals surface area (Å²) in [5, 5.41) is 0. The van der Waals surface area contributed by atoms with Crippen LogP contribution in [0, 0.1) is 6.92 Å². The van der Waals surface area contributed by atoms with Gasteiger partial charge in [0.1, 0.15) is 6.54 Å². The summed E-state index contributed by atoms with van der Waals surface area (Å²) in [7, 11) is 0. The number of likely N-dealkylation sites (tertiary alicyclic amines) is 1. The van der Waals surface area contributed by atoms with Gasteiger partial charge >= 0.3 is 6.18 Å². The van der Waals surface area contributed by atoms with Crippen molar-refractivity contribution in [2.45, 2.75) is 44.4 Å². The maximum atomic E-state index is 12.7. The van der Waals surface area contributed by atoms with Gasteiger partial charge in [-0.3, -0.25) is 4.79 Å². The van der Waals surface area contributed by atoms with E-state index in [4.69, 9.17) is 5.73 Å². The third kappa shape index (κ3) is 3.56. The molecule has 3 atom stereocenters. The maximum Gasteiger partial charge on any atom is 0.406 e. The number of amides is 1. The molecule has 0 spiro atoms. The second-order valence-electron chi connectivity index (χ2n) is 5.68. The van der Waals surface area contributed by atoms with Crippen LogP contribution in [0.3, 0.4) is 0 Å². The van der Waals surface area contributed by atoms with Crippen LogP contribution in [0.25, 0.3) is 0 Å². The predicted molar refractivity (Wildman–Crippen MR) is 73.7 cm³/mol. The molecule has 1 aliphatic heterocycles. The van der Waals surface area contributed by atoms with E-state index in [0.717, 1.165) is 16.0 Å². The number of hydrogen-bond donors (Lipinski definition) is 1. The Morgan fingerprint density at radius 3 is 2.38 bits per heavy atom. The first kappa shape index (κ1) is 15.8. The van der Waals surface area contributed by atoms with Crippen molar-refractivity contribution < 1.29 is 18.0 Å². The lowest BCUT2D eigenvalue weighted by molar-refractivity contribution is -0.170. The highest BCUT2D eigenvalue weighted by atomic mass is 19.4. The average molecular weight is 300 g/mol. The molecule has 1 fully saturated rings. The van der Waals surface area contributed by atoms with Crippen molar-refractivity contribution in [3.8, 4) is 0 Å². The van der Waals surface area contributed by atoms with E-state index in [1.807, 2.05) is 31.2 Å². The molecular formula is C15H19F3N2O. The van der Waals surface area contributed by atoms with Crippen molar-refractivity contribution in [2.24, 2.45) is 5.73 Å². The first-order valence-electron chi connectivity index (χ1n) is 6.88. The summed E-state index contributed by atoms with van der Waals surface area (Å²) in [6.07, 6.45) is -4.05. The smallest absolute Gasteiger partial charge is 0.329 e. The van der Waals surface area contributed by atoms with Crippen LogP contribution in [0.5, 0.6) is 0 Å². The highest BCUT2D eigenvalue weighted by Crippen LogP contribution is 2.34. The molecule has 2 rings (SSSR count). The van der Waals surface area contributed by atoms with Gasteiger partial charge in [-0.2, -0.15) is 13.2 Å². The lowest BCUT2D eigenvalue weighted by atomic mass is 9.82. The Morgan fingerprint density at radius 2 is 1.86 bits per heavy atom. The van der Waals surface area contributed by atoms with Crippen molar-refractivity contribution in [3.63, 3.8) is 0 Å². The number of rotatable bonds is 2. The molecular weight excluding hydrogens is 281 g/mol. The lowest BCUT2D eigenvalue weighted by Crippen LogP contribution is -2.57. The van der Waals surface area contributed by atoms with E-state index >= 15 is 0 Å². The fraction of sp³-hybridized carbons (Fsp3) is 0.533. The third-order valence-corrected chi connectivity index (χ3v) is 4.04. The Morgan fingerprint density at radius 1 is 1.29 bits per heavy atom. The Bertz CT molecular complexity index is 513. The first-order valence-corrected chi connectivity index (χ1v) is 6.88. The average Bonchev–Trinajstić information content (AvgIpc) is 2.39. The van der Waals surface area contributed by atoms with Crippen molar-refractivity contribution in [2.75, 3.05) is 6.54 Å². The summed E-state index contributed by atoms with van der Waals surface area (Å²) in [5.41, 5.74) is 7.75. The largest absolute Gasteiger partial charge is 0.406 e. The van der Waals surface area contributed by atoms with Gasteiger partial charge in [-0.05, 0) is 25.8 Å². The van der Waals surface area contributed by atoms with Crippen LogP contribution in [-0.2, 0) is 4.79 Å². The lowest BCUT2D eigenvalue weighted by Gasteiger charge is -2.42. The second kappa shape index (κ2) is 5.67. The van der Waals surface area contributed by atoms with Crippen LogP contribution in [0.1, 0.15) is 30.4 Å². The molecule has 1 saturated heterocycles. The van der Waals surface area contributed by atoms with E-state index in [9.17, 15) is 18.0 Å². The summed E-state index contributed by atoms with van der Waals surface area (Å²) >= 11 is 0. The van der Waals surface area contributed by atoms with Gasteiger partial charge in [0.15, 0.2) is 0 Å². The van der Waals surface area contributed by atoms with Gasteiger partial charge in [-0.25, -0.2) is 0 Å². The number of alkyl halides is 3. The zero-order chi connectivity index (χ0) is 15.8. The highest BCUT2D eigenvalue weighted by molar-refractivity contribution is 5.83. The van der Waals surface area contributed by atoms with Crippen molar-refractivity contribution >= 4 is 5.91 Å². The van der Waals surface area contributed by atoms with Gasteiger partial charge in [0.25, 0.3) is 0 Å². The molecule has 0 unspecified atom stereocenters. The molecule has 0 saturated carbocycles. The number of piperidine rings is 1. The van der Waals surface area contributed by atoms with Gasteiger partial charge in [0.2, 0.25) is 5.91 Å². The number of halogens is 3. The number of hydrogen-bond acceptors (Lipinski definition) is 2. The van der Waals surface area contributed by atoms with Crippen LogP contribution in [0.15, 0.2) is 24.3 Å². The maximum absolute atomic E-state index is 12.7. The molecule has 0 aliphatic carbocycles. The summed E-state index contributed by atoms with van der Waals surface area (Å²) < 4.78 is 38.0. The van der Waals surface area contributed by atoms with Gasteiger partial charge in [0.05, 0.1) is 6.04 Å². The van der Waals surface area contributed by atoms with Gasteiger partial charge in [0, 0.05) is 12.0 Å². The van der Waals surface area contributed by atoms with Crippen LogP contribution in [0.4, 0.5) is 13.2 Å².